The molecule has 2 aromatic rings. The average molecular weight is 361 g/mol. The molecule has 8 heteroatoms. The molecule has 1 heterocycles. The van der Waals surface area contributed by atoms with Crippen molar-refractivity contribution in [1.82, 2.24) is 9.62 Å². The standard InChI is InChI=1S/C17H19N3O4S/c21-20(22)15-6-8-17(9-7-15)25(23,24)19-11-10-18-13-16(19)12-14-4-2-1-3-5-14/h1-9,16,18H,10-13H2/t16-/m1/s1. The lowest BCUT2D eigenvalue weighted by molar-refractivity contribution is -0.384. The molecule has 0 unspecified atom stereocenters. The second kappa shape index (κ2) is 7.30. The number of non-ortho nitro benzene ring substituents is 1. The summed E-state index contributed by atoms with van der Waals surface area (Å²) in [4.78, 5) is 10.3. The monoisotopic (exact) mass is 361 g/mol. The van der Waals surface area contributed by atoms with Crippen LogP contribution in [-0.4, -0.2) is 43.3 Å². The normalized spacial score (nSPS) is 18.8. The molecule has 1 fully saturated rings. The van der Waals surface area contributed by atoms with Gasteiger partial charge in [-0.2, -0.15) is 4.31 Å². The van der Waals surface area contributed by atoms with Crippen molar-refractivity contribution in [3.63, 3.8) is 0 Å². The van der Waals surface area contributed by atoms with Gasteiger partial charge in [-0.1, -0.05) is 30.3 Å². The van der Waals surface area contributed by atoms with E-state index in [2.05, 4.69) is 5.32 Å². The number of nitrogens with one attached hydrogen (secondary N) is 1. The van der Waals surface area contributed by atoms with Gasteiger partial charge in [-0.05, 0) is 24.1 Å². The zero-order chi connectivity index (χ0) is 17.9. The summed E-state index contributed by atoms with van der Waals surface area (Å²) in [6, 6.07) is 14.6. The molecule has 0 aromatic heterocycles. The van der Waals surface area contributed by atoms with Gasteiger partial charge in [0.25, 0.3) is 5.69 Å². The molecular formula is C17H19N3O4S. The zero-order valence-corrected chi connectivity index (χ0v) is 14.4. The molecule has 0 spiro atoms. The Morgan fingerprint density at radius 1 is 1.12 bits per heavy atom. The highest BCUT2D eigenvalue weighted by Gasteiger charge is 2.33. The van der Waals surface area contributed by atoms with E-state index in [9.17, 15) is 18.5 Å². The van der Waals surface area contributed by atoms with E-state index in [-0.39, 0.29) is 16.6 Å². The number of sulfonamides is 1. The van der Waals surface area contributed by atoms with Gasteiger partial charge in [-0.3, -0.25) is 10.1 Å². The van der Waals surface area contributed by atoms with Gasteiger partial charge in [0.05, 0.1) is 9.82 Å². The van der Waals surface area contributed by atoms with Crippen LogP contribution in [-0.2, 0) is 16.4 Å². The Morgan fingerprint density at radius 2 is 1.80 bits per heavy atom. The highest BCUT2D eigenvalue weighted by molar-refractivity contribution is 7.89. The fraction of sp³-hybridized carbons (Fsp3) is 0.294. The highest BCUT2D eigenvalue weighted by Crippen LogP contribution is 2.23. The van der Waals surface area contributed by atoms with E-state index in [1.807, 2.05) is 30.3 Å². The van der Waals surface area contributed by atoms with E-state index in [4.69, 9.17) is 0 Å². The summed E-state index contributed by atoms with van der Waals surface area (Å²) in [6.07, 6.45) is 0.611. The number of nitrogens with zero attached hydrogens (tertiary/aromatic N) is 2. The third-order valence-corrected chi connectivity index (χ3v) is 6.23. The fourth-order valence-corrected chi connectivity index (χ4v) is 4.62. The first-order valence-electron chi connectivity index (χ1n) is 7.99. The molecule has 2 aromatic carbocycles. The lowest BCUT2D eigenvalue weighted by Crippen LogP contribution is -2.54. The third kappa shape index (κ3) is 3.87. The number of rotatable bonds is 5. The molecule has 0 saturated carbocycles. The minimum absolute atomic E-state index is 0.0815. The van der Waals surface area contributed by atoms with Crippen LogP contribution in [0, 0.1) is 10.1 Å². The molecule has 132 valence electrons. The van der Waals surface area contributed by atoms with Crippen LogP contribution in [0.25, 0.3) is 0 Å². The van der Waals surface area contributed by atoms with Crippen LogP contribution in [0.2, 0.25) is 0 Å². The molecule has 1 aliphatic rings. The maximum atomic E-state index is 13.0. The van der Waals surface area contributed by atoms with Gasteiger partial charge >= 0.3 is 0 Å². The number of nitro benzene ring substituents is 1. The minimum Gasteiger partial charge on any atom is -0.314 e. The molecule has 0 amide bonds. The van der Waals surface area contributed by atoms with Crippen molar-refractivity contribution in [2.75, 3.05) is 19.6 Å². The Bertz CT molecular complexity index is 838. The zero-order valence-electron chi connectivity index (χ0n) is 13.5. The predicted molar refractivity (Wildman–Crippen MR) is 93.8 cm³/mol. The molecule has 3 rings (SSSR count). The Labute approximate surface area is 146 Å². The molecule has 0 aliphatic carbocycles. The number of hydrogen-bond acceptors (Lipinski definition) is 5. The molecule has 1 atom stereocenters. The first-order chi connectivity index (χ1) is 12.0. The second-order valence-corrected chi connectivity index (χ2v) is 7.80. The smallest absolute Gasteiger partial charge is 0.269 e. The van der Waals surface area contributed by atoms with Crippen LogP contribution < -0.4 is 5.32 Å². The van der Waals surface area contributed by atoms with E-state index < -0.39 is 14.9 Å². The van der Waals surface area contributed by atoms with Crippen molar-refractivity contribution < 1.29 is 13.3 Å². The van der Waals surface area contributed by atoms with Crippen molar-refractivity contribution in [2.24, 2.45) is 0 Å². The summed E-state index contributed by atoms with van der Waals surface area (Å²) in [5.41, 5.74) is 0.945. The topological polar surface area (TPSA) is 92.5 Å². The molecule has 7 nitrogen and oxygen atoms in total. The van der Waals surface area contributed by atoms with E-state index in [1.165, 1.54) is 28.6 Å². The van der Waals surface area contributed by atoms with Gasteiger partial charge in [0.2, 0.25) is 10.0 Å². The Morgan fingerprint density at radius 3 is 2.44 bits per heavy atom. The summed E-state index contributed by atoms with van der Waals surface area (Å²) < 4.78 is 27.5. The van der Waals surface area contributed by atoms with Crippen LogP contribution in [0.3, 0.4) is 0 Å². The Hall–Kier alpha value is -2.29. The quantitative estimate of drug-likeness (QED) is 0.647. The summed E-state index contributed by atoms with van der Waals surface area (Å²) in [6.45, 7) is 1.52. The lowest BCUT2D eigenvalue weighted by atomic mass is 10.1. The Kier molecular flexibility index (Phi) is 5.12. The van der Waals surface area contributed by atoms with Crippen LogP contribution in [0.15, 0.2) is 59.5 Å². The van der Waals surface area contributed by atoms with Crippen LogP contribution in [0.5, 0.6) is 0 Å². The summed E-state index contributed by atoms with van der Waals surface area (Å²) >= 11 is 0. The fourth-order valence-electron chi connectivity index (χ4n) is 2.99. The number of benzene rings is 2. The second-order valence-electron chi connectivity index (χ2n) is 5.91. The predicted octanol–water partition coefficient (Wildman–Crippen LogP) is 1.80. The van der Waals surface area contributed by atoms with Crippen molar-refractivity contribution in [1.29, 1.82) is 0 Å². The first kappa shape index (κ1) is 17.5. The molecule has 1 saturated heterocycles. The molecule has 25 heavy (non-hydrogen) atoms. The third-order valence-electron chi connectivity index (χ3n) is 4.26. The number of piperazine rings is 1. The summed E-state index contributed by atoms with van der Waals surface area (Å²) in [5.74, 6) is 0. The maximum absolute atomic E-state index is 13.0. The van der Waals surface area contributed by atoms with Gasteiger partial charge in [-0.25, -0.2) is 8.42 Å². The maximum Gasteiger partial charge on any atom is 0.269 e. The Balaban J connectivity index is 1.86. The number of hydrogen-bond donors (Lipinski definition) is 1. The van der Waals surface area contributed by atoms with Crippen LogP contribution in [0.1, 0.15) is 5.56 Å². The molecular weight excluding hydrogens is 342 g/mol. The van der Waals surface area contributed by atoms with Crippen molar-refractivity contribution in [3.05, 3.63) is 70.3 Å². The lowest BCUT2D eigenvalue weighted by Gasteiger charge is -2.35. The van der Waals surface area contributed by atoms with Crippen molar-refractivity contribution >= 4 is 15.7 Å². The molecule has 0 bridgehead atoms. The van der Waals surface area contributed by atoms with Crippen LogP contribution in [0.4, 0.5) is 5.69 Å². The highest BCUT2D eigenvalue weighted by atomic mass is 32.2. The average Bonchev–Trinajstić information content (AvgIpc) is 2.63. The molecule has 0 radical (unpaired) electrons. The van der Waals surface area contributed by atoms with E-state index in [1.54, 1.807) is 0 Å². The van der Waals surface area contributed by atoms with E-state index in [0.717, 1.165) is 5.56 Å². The molecule has 1 aliphatic heterocycles. The first-order valence-corrected chi connectivity index (χ1v) is 9.43. The molecule has 1 N–H and O–H groups in total. The summed E-state index contributed by atoms with van der Waals surface area (Å²) in [7, 11) is -3.70. The van der Waals surface area contributed by atoms with Crippen LogP contribution >= 0.6 is 0 Å². The van der Waals surface area contributed by atoms with Gasteiger partial charge in [0.15, 0.2) is 0 Å². The largest absolute Gasteiger partial charge is 0.314 e. The van der Waals surface area contributed by atoms with Gasteiger partial charge < -0.3 is 5.32 Å². The van der Waals surface area contributed by atoms with E-state index >= 15 is 0 Å². The SMILES string of the molecule is O=[N+]([O-])c1ccc(S(=O)(=O)N2CCNC[C@H]2Cc2ccccc2)cc1. The van der Waals surface area contributed by atoms with E-state index in [0.29, 0.717) is 26.1 Å². The van der Waals surface area contributed by atoms with Crippen molar-refractivity contribution in [2.45, 2.75) is 17.4 Å². The number of nitro groups is 1. The van der Waals surface area contributed by atoms with Crippen molar-refractivity contribution in [3.8, 4) is 0 Å². The summed E-state index contributed by atoms with van der Waals surface area (Å²) in [5, 5.41) is 14.0. The van der Waals surface area contributed by atoms with Gasteiger partial charge in [0.1, 0.15) is 0 Å². The van der Waals surface area contributed by atoms with Gasteiger partial charge in [-0.15, -0.1) is 0 Å². The van der Waals surface area contributed by atoms with Gasteiger partial charge in [0, 0.05) is 37.8 Å². The minimum atomic E-state index is -3.70.